The highest BCUT2D eigenvalue weighted by atomic mass is 19.1. The van der Waals surface area contributed by atoms with Crippen LogP contribution in [0.15, 0.2) is 48.5 Å². The molecule has 0 fully saturated rings. The number of halogens is 1. The van der Waals surface area contributed by atoms with Crippen molar-refractivity contribution in [3.63, 3.8) is 0 Å². The Labute approximate surface area is 129 Å². The van der Waals surface area contributed by atoms with Crippen LogP contribution in [0.2, 0.25) is 0 Å². The molecule has 5 heteroatoms. The summed E-state index contributed by atoms with van der Waals surface area (Å²) in [6, 6.07) is 13.5. The molecule has 0 bridgehead atoms. The van der Waals surface area contributed by atoms with E-state index in [4.69, 9.17) is 0 Å². The number of carbonyl (C=O) groups excluding carboxylic acids is 1. The van der Waals surface area contributed by atoms with Gasteiger partial charge < -0.3 is 15.7 Å². The molecule has 0 heterocycles. The molecule has 0 saturated heterocycles. The van der Waals surface area contributed by atoms with Crippen LogP contribution in [0.5, 0.6) is 0 Å². The molecule has 0 aromatic heterocycles. The molecule has 2 rings (SSSR count). The number of urea groups is 1. The summed E-state index contributed by atoms with van der Waals surface area (Å²) in [5.74, 6) is -0.373. The summed E-state index contributed by atoms with van der Waals surface area (Å²) in [4.78, 5) is 11.7. The lowest BCUT2D eigenvalue weighted by atomic mass is 10.1. The van der Waals surface area contributed by atoms with Crippen LogP contribution >= 0.6 is 0 Å². The van der Waals surface area contributed by atoms with Gasteiger partial charge in [-0.05, 0) is 30.2 Å². The normalized spacial score (nSPS) is 11.8. The summed E-state index contributed by atoms with van der Waals surface area (Å²) in [7, 11) is 0. The van der Waals surface area contributed by atoms with Crippen molar-refractivity contribution in [1.82, 2.24) is 5.32 Å². The number of rotatable bonds is 5. The molecule has 0 aliphatic heterocycles. The molecule has 2 amide bonds. The minimum atomic E-state index is -0.678. The zero-order valence-corrected chi connectivity index (χ0v) is 12.3. The van der Waals surface area contributed by atoms with Crippen LogP contribution in [0.3, 0.4) is 0 Å². The van der Waals surface area contributed by atoms with Gasteiger partial charge >= 0.3 is 6.03 Å². The molecule has 3 N–H and O–H groups in total. The first-order valence-electron chi connectivity index (χ1n) is 7.07. The number of aliphatic hydroxyl groups excluding tert-OH is 1. The van der Waals surface area contributed by atoms with Crippen LogP contribution in [0.4, 0.5) is 14.9 Å². The van der Waals surface area contributed by atoms with Crippen molar-refractivity contribution in [3.05, 3.63) is 65.5 Å². The Morgan fingerprint density at radius 2 is 1.95 bits per heavy atom. The number of aliphatic hydroxyl groups is 1. The predicted octanol–water partition coefficient (Wildman–Crippen LogP) is 2.86. The number of hydrogen-bond acceptors (Lipinski definition) is 2. The Balaban J connectivity index is 1.78. The summed E-state index contributed by atoms with van der Waals surface area (Å²) < 4.78 is 13.4. The van der Waals surface area contributed by atoms with Gasteiger partial charge in [0.2, 0.25) is 0 Å². The third kappa shape index (κ3) is 4.86. The number of benzene rings is 2. The quantitative estimate of drug-likeness (QED) is 0.795. The highest BCUT2D eigenvalue weighted by Crippen LogP contribution is 2.13. The summed E-state index contributed by atoms with van der Waals surface area (Å²) in [5.41, 5.74) is 1.89. The minimum absolute atomic E-state index is 0.120. The first kappa shape index (κ1) is 16.0. The van der Waals surface area contributed by atoms with E-state index in [-0.39, 0.29) is 12.4 Å². The fourth-order valence-electron chi connectivity index (χ4n) is 2.01. The predicted molar refractivity (Wildman–Crippen MR) is 84.3 cm³/mol. The van der Waals surface area contributed by atoms with Crippen LogP contribution in [0.25, 0.3) is 0 Å². The second kappa shape index (κ2) is 7.56. The average molecular weight is 302 g/mol. The first-order valence-corrected chi connectivity index (χ1v) is 7.07. The molecule has 2 aromatic rings. The lowest BCUT2D eigenvalue weighted by molar-refractivity contribution is 0.172. The molecule has 1 unspecified atom stereocenters. The highest BCUT2D eigenvalue weighted by molar-refractivity contribution is 5.89. The average Bonchev–Trinajstić information content (AvgIpc) is 2.50. The van der Waals surface area contributed by atoms with Crippen molar-refractivity contribution in [2.45, 2.75) is 19.4 Å². The fraction of sp³-hybridized carbons (Fsp3) is 0.235. The Bertz CT molecular complexity index is 632. The monoisotopic (exact) mass is 302 g/mol. The second-order valence-electron chi connectivity index (χ2n) is 5.14. The van der Waals surface area contributed by atoms with Gasteiger partial charge in [0.25, 0.3) is 0 Å². The number of amides is 2. The van der Waals surface area contributed by atoms with E-state index in [1.807, 2.05) is 30.3 Å². The van der Waals surface area contributed by atoms with E-state index in [1.165, 1.54) is 6.07 Å². The third-order valence-corrected chi connectivity index (χ3v) is 3.24. The maximum Gasteiger partial charge on any atom is 0.319 e. The summed E-state index contributed by atoms with van der Waals surface area (Å²) >= 11 is 0. The lowest BCUT2D eigenvalue weighted by Crippen LogP contribution is -2.36. The zero-order valence-electron chi connectivity index (χ0n) is 12.3. The molecular weight excluding hydrogens is 283 g/mol. The number of aryl methyl sites for hydroxylation is 1. The van der Waals surface area contributed by atoms with Crippen LogP contribution in [0, 0.1) is 12.7 Å². The van der Waals surface area contributed by atoms with E-state index in [9.17, 15) is 14.3 Å². The van der Waals surface area contributed by atoms with Crippen LogP contribution in [0.1, 0.15) is 11.1 Å². The van der Waals surface area contributed by atoms with Gasteiger partial charge in [0, 0.05) is 18.7 Å². The van der Waals surface area contributed by atoms with Crippen LogP contribution in [-0.4, -0.2) is 23.8 Å². The van der Waals surface area contributed by atoms with Crippen molar-refractivity contribution >= 4 is 11.7 Å². The largest absolute Gasteiger partial charge is 0.391 e. The van der Waals surface area contributed by atoms with Crippen molar-refractivity contribution < 1.29 is 14.3 Å². The molecule has 0 spiro atoms. The summed E-state index contributed by atoms with van der Waals surface area (Å²) in [6.07, 6.45) is -0.219. The van der Waals surface area contributed by atoms with Crippen LogP contribution < -0.4 is 10.6 Å². The van der Waals surface area contributed by atoms with Gasteiger partial charge in [-0.1, -0.05) is 36.4 Å². The zero-order chi connectivity index (χ0) is 15.9. The van der Waals surface area contributed by atoms with E-state index in [0.29, 0.717) is 17.7 Å². The molecule has 116 valence electrons. The molecular formula is C17H19FN2O2. The minimum Gasteiger partial charge on any atom is -0.391 e. The van der Waals surface area contributed by atoms with E-state index in [0.717, 1.165) is 5.56 Å². The number of anilines is 1. The molecule has 0 saturated carbocycles. The molecule has 4 nitrogen and oxygen atoms in total. The first-order chi connectivity index (χ1) is 10.5. The van der Waals surface area contributed by atoms with E-state index in [1.54, 1.807) is 19.1 Å². The number of carbonyl (C=O) groups is 1. The smallest absolute Gasteiger partial charge is 0.319 e. The van der Waals surface area contributed by atoms with Gasteiger partial charge in [-0.25, -0.2) is 9.18 Å². The van der Waals surface area contributed by atoms with Gasteiger partial charge in [-0.15, -0.1) is 0 Å². The molecule has 22 heavy (non-hydrogen) atoms. The van der Waals surface area contributed by atoms with Crippen molar-refractivity contribution in [1.29, 1.82) is 0 Å². The van der Waals surface area contributed by atoms with Crippen molar-refractivity contribution in [2.75, 3.05) is 11.9 Å². The standard InChI is InChI=1S/C17H19FN2O2/c1-12-7-8-14(10-16(12)18)20-17(22)19-11-15(21)9-13-5-3-2-4-6-13/h2-8,10,15,21H,9,11H2,1H3,(H2,19,20,22). The number of hydrogen-bond donors (Lipinski definition) is 3. The Hall–Kier alpha value is -2.40. The fourth-order valence-corrected chi connectivity index (χ4v) is 2.01. The Morgan fingerprint density at radius 1 is 1.23 bits per heavy atom. The second-order valence-corrected chi connectivity index (χ2v) is 5.14. The van der Waals surface area contributed by atoms with E-state index in [2.05, 4.69) is 10.6 Å². The maximum absolute atomic E-state index is 13.4. The molecule has 1 atom stereocenters. The molecule has 0 aliphatic carbocycles. The number of nitrogens with one attached hydrogen (secondary N) is 2. The van der Waals surface area contributed by atoms with E-state index < -0.39 is 12.1 Å². The Morgan fingerprint density at radius 3 is 2.64 bits per heavy atom. The Kier molecular flexibility index (Phi) is 5.49. The highest BCUT2D eigenvalue weighted by Gasteiger charge is 2.08. The van der Waals surface area contributed by atoms with E-state index >= 15 is 0 Å². The van der Waals surface area contributed by atoms with Gasteiger partial charge in [0.1, 0.15) is 5.82 Å². The van der Waals surface area contributed by atoms with Crippen molar-refractivity contribution in [2.24, 2.45) is 0 Å². The lowest BCUT2D eigenvalue weighted by Gasteiger charge is -2.13. The molecule has 2 aromatic carbocycles. The van der Waals surface area contributed by atoms with Gasteiger partial charge in [0.05, 0.1) is 6.10 Å². The summed E-state index contributed by atoms with van der Waals surface area (Å²) in [5, 5.41) is 15.0. The topological polar surface area (TPSA) is 61.4 Å². The van der Waals surface area contributed by atoms with Gasteiger partial charge in [-0.2, -0.15) is 0 Å². The van der Waals surface area contributed by atoms with Gasteiger partial charge in [-0.3, -0.25) is 0 Å². The van der Waals surface area contributed by atoms with Crippen LogP contribution in [-0.2, 0) is 6.42 Å². The SMILES string of the molecule is Cc1ccc(NC(=O)NCC(O)Cc2ccccc2)cc1F. The molecule has 0 radical (unpaired) electrons. The van der Waals surface area contributed by atoms with Crippen molar-refractivity contribution in [3.8, 4) is 0 Å². The molecule has 0 aliphatic rings. The third-order valence-electron chi connectivity index (χ3n) is 3.24. The van der Waals surface area contributed by atoms with Gasteiger partial charge in [0.15, 0.2) is 0 Å². The summed E-state index contributed by atoms with van der Waals surface area (Å²) in [6.45, 7) is 1.77. The maximum atomic E-state index is 13.4.